The van der Waals surface area contributed by atoms with Gasteiger partial charge in [-0.15, -0.1) is 0 Å². The van der Waals surface area contributed by atoms with Gasteiger partial charge in [0.05, 0.1) is 18.7 Å². The number of halogens is 2. The van der Waals surface area contributed by atoms with Crippen molar-refractivity contribution in [3.8, 4) is 0 Å². The van der Waals surface area contributed by atoms with E-state index in [9.17, 15) is 24.3 Å². The highest BCUT2D eigenvalue weighted by molar-refractivity contribution is 6.35. The summed E-state index contributed by atoms with van der Waals surface area (Å²) in [5, 5.41) is 13.7. The van der Waals surface area contributed by atoms with E-state index in [1.54, 1.807) is 0 Å². The number of nitrogens with zero attached hydrogens (tertiary/aromatic N) is 2. The number of esters is 1. The molecule has 3 unspecified atom stereocenters. The Balaban J connectivity index is 1.88. The van der Waals surface area contributed by atoms with Gasteiger partial charge in [-0.3, -0.25) is 19.2 Å². The van der Waals surface area contributed by atoms with Gasteiger partial charge in [-0.25, -0.2) is 4.90 Å². The molecule has 2 saturated heterocycles. The first-order valence-electron chi connectivity index (χ1n) is 8.35. The van der Waals surface area contributed by atoms with Crippen LogP contribution in [0.2, 0.25) is 10.0 Å². The van der Waals surface area contributed by atoms with E-state index in [1.807, 2.05) is 0 Å². The third kappa shape index (κ3) is 3.70. The van der Waals surface area contributed by atoms with Gasteiger partial charge in [-0.2, -0.15) is 0 Å². The van der Waals surface area contributed by atoms with Crippen molar-refractivity contribution in [1.29, 1.82) is 0 Å². The molecule has 0 aliphatic carbocycles. The lowest BCUT2D eigenvalue weighted by Gasteiger charge is -2.35. The Hall–Kier alpha value is -2.20. The number of amides is 3. The van der Waals surface area contributed by atoms with Gasteiger partial charge in [-0.1, -0.05) is 23.2 Å². The summed E-state index contributed by atoms with van der Waals surface area (Å²) in [6.07, 6.45) is -1.73. The second-order valence-corrected chi connectivity index (χ2v) is 7.25. The predicted molar refractivity (Wildman–Crippen MR) is 98.8 cm³/mol. The van der Waals surface area contributed by atoms with Crippen LogP contribution in [0.15, 0.2) is 18.2 Å². The largest absolute Gasteiger partial charge is 0.468 e. The normalized spacial score (nSPS) is 25.4. The Labute approximate surface area is 170 Å². The molecule has 2 aliphatic heterocycles. The molecule has 2 aliphatic rings. The maximum absolute atomic E-state index is 12.9. The van der Waals surface area contributed by atoms with Crippen molar-refractivity contribution in [2.75, 3.05) is 31.6 Å². The Morgan fingerprint density at radius 2 is 1.82 bits per heavy atom. The molecule has 150 valence electrons. The van der Waals surface area contributed by atoms with Crippen LogP contribution in [0.1, 0.15) is 0 Å². The number of nitrogens with one attached hydrogen (secondary N) is 1. The average molecular weight is 430 g/mol. The maximum atomic E-state index is 12.9. The van der Waals surface area contributed by atoms with Crippen molar-refractivity contribution in [2.45, 2.75) is 12.1 Å². The van der Waals surface area contributed by atoms with Gasteiger partial charge < -0.3 is 20.1 Å². The Bertz CT molecular complexity index is 828. The fourth-order valence-corrected chi connectivity index (χ4v) is 3.85. The zero-order valence-electron chi connectivity index (χ0n) is 14.7. The molecule has 0 spiro atoms. The molecule has 3 amide bonds. The van der Waals surface area contributed by atoms with Gasteiger partial charge >= 0.3 is 5.97 Å². The van der Waals surface area contributed by atoms with E-state index in [2.05, 4.69) is 10.1 Å². The fourth-order valence-electron chi connectivity index (χ4n) is 3.33. The minimum Gasteiger partial charge on any atom is -0.468 e. The second-order valence-electron chi connectivity index (χ2n) is 6.38. The number of piperazine rings is 1. The number of aliphatic hydroxyl groups excluding tert-OH is 1. The van der Waals surface area contributed by atoms with Crippen molar-refractivity contribution in [2.24, 2.45) is 5.92 Å². The van der Waals surface area contributed by atoms with Crippen LogP contribution in [0.4, 0.5) is 5.69 Å². The summed E-state index contributed by atoms with van der Waals surface area (Å²) in [5.41, 5.74) is 0.101. The number of rotatable bonds is 4. The van der Waals surface area contributed by atoms with Crippen LogP contribution in [0.3, 0.4) is 0 Å². The van der Waals surface area contributed by atoms with Crippen LogP contribution in [0.25, 0.3) is 0 Å². The summed E-state index contributed by atoms with van der Waals surface area (Å²) in [6, 6.07) is 2.99. The average Bonchev–Trinajstić information content (AvgIpc) is 2.85. The van der Waals surface area contributed by atoms with Crippen LogP contribution in [-0.4, -0.2) is 72.6 Å². The lowest BCUT2D eigenvalue weighted by molar-refractivity contribution is -0.151. The quantitative estimate of drug-likeness (QED) is 0.503. The highest BCUT2D eigenvalue weighted by atomic mass is 35.5. The molecule has 1 aromatic carbocycles. The van der Waals surface area contributed by atoms with Crippen LogP contribution in [0, 0.1) is 5.92 Å². The zero-order valence-corrected chi connectivity index (χ0v) is 16.2. The molecule has 2 heterocycles. The van der Waals surface area contributed by atoms with E-state index in [-0.39, 0.29) is 35.4 Å². The van der Waals surface area contributed by atoms with Crippen molar-refractivity contribution < 1.29 is 29.0 Å². The Kier molecular flexibility index (Phi) is 5.90. The van der Waals surface area contributed by atoms with E-state index in [4.69, 9.17) is 23.2 Å². The summed E-state index contributed by atoms with van der Waals surface area (Å²) >= 11 is 11.9. The highest BCUT2D eigenvalue weighted by Crippen LogP contribution is 2.33. The second kappa shape index (κ2) is 8.04. The van der Waals surface area contributed by atoms with Gasteiger partial charge in [0.2, 0.25) is 11.8 Å². The smallest absolute Gasteiger partial charge is 0.325 e. The lowest BCUT2D eigenvalue weighted by atomic mass is 9.93. The predicted octanol–water partition coefficient (Wildman–Crippen LogP) is -0.183. The topological polar surface area (TPSA) is 116 Å². The summed E-state index contributed by atoms with van der Waals surface area (Å²) in [4.78, 5) is 51.7. The lowest BCUT2D eigenvalue weighted by Crippen LogP contribution is -2.61. The van der Waals surface area contributed by atoms with E-state index in [1.165, 1.54) is 30.2 Å². The number of hydrogen-bond acceptors (Lipinski definition) is 7. The van der Waals surface area contributed by atoms with Crippen molar-refractivity contribution in [3.63, 3.8) is 0 Å². The first kappa shape index (κ1) is 20.5. The van der Waals surface area contributed by atoms with E-state index < -0.39 is 41.8 Å². The number of imide groups is 1. The van der Waals surface area contributed by atoms with Crippen LogP contribution >= 0.6 is 23.2 Å². The molecule has 0 aromatic heterocycles. The zero-order chi connectivity index (χ0) is 20.6. The number of benzene rings is 1. The SMILES string of the molecule is COC(=O)CN1CCNC(C2C(=O)N(c3cc(Cl)cc(Cl)c3)C(=O)C2O)C1=O. The van der Waals surface area contributed by atoms with Crippen LogP contribution in [0.5, 0.6) is 0 Å². The molecule has 2 fully saturated rings. The molecule has 9 nitrogen and oxygen atoms in total. The molecular weight excluding hydrogens is 413 g/mol. The molecule has 0 saturated carbocycles. The van der Waals surface area contributed by atoms with E-state index in [0.717, 1.165) is 4.90 Å². The summed E-state index contributed by atoms with van der Waals surface area (Å²) in [5.74, 6) is -4.18. The third-order valence-corrected chi connectivity index (χ3v) is 5.09. The number of carbonyl (C=O) groups is 4. The first-order chi connectivity index (χ1) is 13.2. The minimum atomic E-state index is -1.73. The number of aliphatic hydroxyl groups is 1. The number of methoxy groups -OCH3 is 1. The molecule has 2 N–H and O–H groups in total. The van der Waals surface area contributed by atoms with Gasteiger partial charge in [-0.05, 0) is 18.2 Å². The highest BCUT2D eigenvalue weighted by Gasteiger charge is 2.54. The van der Waals surface area contributed by atoms with Gasteiger partial charge in [0.1, 0.15) is 18.7 Å². The molecule has 0 radical (unpaired) electrons. The number of ether oxygens (including phenoxy) is 1. The maximum Gasteiger partial charge on any atom is 0.325 e. The summed E-state index contributed by atoms with van der Waals surface area (Å²) in [6.45, 7) is 0.218. The molecule has 1 aromatic rings. The number of carbonyl (C=O) groups excluding carboxylic acids is 4. The Morgan fingerprint density at radius 1 is 1.18 bits per heavy atom. The van der Waals surface area contributed by atoms with Crippen molar-refractivity contribution >= 4 is 52.6 Å². The Morgan fingerprint density at radius 3 is 2.43 bits per heavy atom. The van der Waals surface area contributed by atoms with Crippen LogP contribution < -0.4 is 10.2 Å². The number of hydrogen-bond donors (Lipinski definition) is 2. The van der Waals surface area contributed by atoms with Crippen molar-refractivity contribution in [1.82, 2.24) is 10.2 Å². The van der Waals surface area contributed by atoms with Crippen LogP contribution in [-0.2, 0) is 23.9 Å². The third-order valence-electron chi connectivity index (χ3n) is 4.66. The van der Waals surface area contributed by atoms with Gasteiger partial charge in [0, 0.05) is 23.1 Å². The first-order valence-corrected chi connectivity index (χ1v) is 9.11. The van der Waals surface area contributed by atoms with Gasteiger partial charge in [0.15, 0.2) is 0 Å². The molecule has 11 heteroatoms. The summed E-state index contributed by atoms with van der Waals surface area (Å²) < 4.78 is 4.56. The standard InChI is InChI=1S/C17H17Cl2N3O6/c1-28-11(23)7-21-3-2-20-13(16(21)26)12-14(24)17(27)22(15(12)25)10-5-8(18)4-9(19)6-10/h4-6,12-14,20,24H,2-3,7H2,1H3. The molecule has 0 bridgehead atoms. The molecular formula is C17H17Cl2N3O6. The van der Waals surface area contributed by atoms with Gasteiger partial charge in [0.25, 0.3) is 5.91 Å². The fraction of sp³-hybridized carbons (Fsp3) is 0.412. The molecule has 3 rings (SSSR count). The van der Waals surface area contributed by atoms with E-state index >= 15 is 0 Å². The monoisotopic (exact) mass is 429 g/mol. The number of anilines is 1. The molecule has 28 heavy (non-hydrogen) atoms. The summed E-state index contributed by atoms with van der Waals surface area (Å²) in [7, 11) is 1.20. The van der Waals surface area contributed by atoms with Crippen molar-refractivity contribution in [3.05, 3.63) is 28.2 Å². The minimum absolute atomic E-state index is 0.101. The molecule has 3 atom stereocenters. The van der Waals surface area contributed by atoms with E-state index in [0.29, 0.717) is 0 Å².